The summed E-state index contributed by atoms with van der Waals surface area (Å²) in [5, 5.41) is 17.4. The van der Waals surface area contributed by atoms with Gasteiger partial charge in [-0.05, 0) is 25.0 Å². The van der Waals surface area contributed by atoms with Gasteiger partial charge in [-0.3, -0.25) is 9.89 Å². The molecule has 1 saturated heterocycles. The molecule has 0 unspecified atom stereocenters. The van der Waals surface area contributed by atoms with Crippen LogP contribution < -0.4 is 4.74 Å². The van der Waals surface area contributed by atoms with Gasteiger partial charge in [0.05, 0.1) is 18.3 Å². The average molecular weight is 333 g/mol. The predicted octanol–water partition coefficient (Wildman–Crippen LogP) is 1.77. The van der Waals surface area contributed by atoms with Gasteiger partial charge in [-0.1, -0.05) is 13.0 Å². The number of H-pyrrole nitrogens is 1. The minimum atomic E-state index is -1.14. The summed E-state index contributed by atoms with van der Waals surface area (Å²) in [5.74, 6) is -0.187. The second kappa shape index (κ2) is 6.60. The molecule has 1 aliphatic rings. The van der Waals surface area contributed by atoms with Crippen LogP contribution >= 0.6 is 0 Å². The Bertz CT molecular complexity index is 733. The van der Waals surface area contributed by atoms with Gasteiger partial charge in [0, 0.05) is 18.3 Å². The van der Waals surface area contributed by atoms with Gasteiger partial charge in [0.15, 0.2) is 0 Å². The number of aromatic amines is 1. The summed E-state index contributed by atoms with van der Waals surface area (Å²) >= 11 is 0. The highest BCUT2D eigenvalue weighted by Gasteiger charge is 2.39. The van der Waals surface area contributed by atoms with E-state index < -0.39 is 11.4 Å². The summed E-state index contributed by atoms with van der Waals surface area (Å²) in [6, 6.07) is 5.77. The minimum Gasteiger partial charge on any atom is -0.490 e. The highest BCUT2D eigenvalue weighted by molar-refractivity contribution is 5.95. The SMILES string of the molecule is CCc1[nH]ncc1C(=O)N1CC[C@](O)(COc2cccc(F)c2)C1. The van der Waals surface area contributed by atoms with Crippen LogP contribution in [0, 0.1) is 5.82 Å². The highest BCUT2D eigenvalue weighted by atomic mass is 19.1. The zero-order valence-corrected chi connectivity index (χ0v) is 13.5. The second-order valence-corrected chi connectivity index (χ2v) is 6.06. The number of ether oxygens (including phenoxy) is 1. The summed E-state index contributed by atoms with van der Waals surface area (Å²) in [5.41, 5.74) is 0.178. The molecule has 1 aromatic carbocycles. The molecule has 1 fully saturated rings. The van der Waals surface area contributed by atoms with Gasteiger partial charge in [-0.15, -0.1) is 0 Å². The molecule has 6 nitrogen and oxygen atoms in total. The number of carbonyl (C=O) groups excluding carboxylic acids is 1. The topological polar surface area (TPSA) is 78.5 Å². The average Bonchev–Trinajstić information content (AvgIpc) is 3.19. The van der Waals surface area contributed by atoms with Crippen molar-refractivity contribution in [3.05, 3.63) is 47.5 Å². The number of aromatic nitrogens is 2. The van der Waals surface area contributed by atoms with E-state index in [9.17, 15) is 14.3 Å². The molecule has 128 valence electrons. The number of nitrogens with zero attached hydrogens (tertiary/aromatic N) is 2. The summed E-state index contributed by atoms with van der Waals surface area (Å²) in [7, 11) is 0. The number of rotatable bonds is 5. The van der Waals surface area contributed by atoms with Gasteiger partial charge in [0.1, 0.15) is 23.8 Å². The van der Waals surface area contributed by atoms with E-state index in [4.69, 9.17) is 4.74 Å². The van der Waals surface area contributed by atoms with Gasteiger partial charge < -0.3 is 14.7 Å². The lowest BCUT2D eigenvalue weighted by atomic mass is 10.1. The number of nitrogens with one attached hydrogen (secondary N) is 1. The number of aryl methyl sites for hydroxylation is 1. The van der Waals surface area contributed by atoms with Crippen molar-refractivity contribution in [2.75, 3.05) is 19.7 Å². The Morgan fingerprint density at radius 1 is 1.54 bits per heavy atom. The van der Waals surface area contributed by atoms with E-state index in [-0.39, 0.29) is 19.1 Å². The van der Waals surface area contributed by atoms with Crippen molar-refractivity contribution in [1.82, 2.24) is 15.1 Å². The van der Waals surface area contributed by atoms with Crippen molar-refractivity contribution < 1.29 is 19.0 Å². The molecule has 1 aliphatic heterocycles. The molecule has 1 amide bonds. The van der Waals surface area contributed by atoms with Crippen molar-refractivity contribution in [2.45, 2.75) is 25.4 Å². The van der Waals surface area contributed by atoms with Gasteiger partial charge in [0.25, 0.3) is 5.91 Å². The Kier molecular flexibility index (Phi) is 4.53. The maximum absolute atomic E-state index is 13.2. The Labute approximate surface area is 139 Å². The summed E-state index contributed by atoms with van der Waals surface area (Å²) in [4.78, 5) is 14.2. The normalized spacial score (nSPS) is 20.4. The van der Waals surface area contributed by atoms with Gasteiger partial charge in [-0.25, -0.2) is 4.39 Å². The molecule has 0 spiro atoms. The highest BCUT2D eigenvalue weighted by Crippen LogP contribution is 2.25. The number of hydrogen-bond donors (Lipinski definition) is 2. The van der Waals surface area contributed by atoms with Crippen molar-refractivity contribution in [2.24, 2.45) is 0 Å². The number of hydrogen-bond acceptors (Lipinski definition) is 4. The van der Waals surface area contributed by atoms with Crippen LogP contribution in [0.1, 0.15) is 29.4 Å². The largest absolute Gasteiger partial charge is 0.490 e. The number of halogens is 1. The van der Waals surface area contributed by atoms with Crippen LogP contribution in [-0.2, 0) is 6.42 Å². The molecule has 24 heavy (non-hydrogen) atoms. The fraction of sp³-hybridized carbons (Fsp3) is 0.412. The molecular formula is C17H20FN3O3. The van der Waals surface area contributed by atoms with Crippen molar-refractivity contribution in [1.29, 1.82) is 0 Å². The first kappa shape index (κ1) is 16.4. The van der Waals surface area contributed by atoms with E-state index in [0.29, 0.717) is 30.7 Å². The van der Waals surface area contributed by atoms with Crippen LogP contribution in [-0.4, -0.2) is 51.4 Å². The van der Waals surface area contributed by atoms with Crippen LogP contribution in [0.4, 0.5) is 4.39 Å². The Morgan fingerprint density at radius 3 is 3.12 bits per heavy atom. The van der Waals surface area contributed by atoms with E-state index in [2.05, 4.69) is 10.2 Å². The first-order valence-corrected chi connectivity index (χ1v) is 7.93. The van der Waals surface area contributed by atoms with E-state index in [0.717, 1.165) is 5.69 Å². The number of aliphatic hydroxyl groups is 1. The Morgan fingerprint density at radius 2 is 2.38 bits per heavy atom. The van der Waals surface area contributed by atoms with E-state index in [1.807, 2.05) is 6.92 Å². The molecule has 0 bridgehead atoms. The molecule has 2 aromatic rings. The molecule has 3 rings (SSSR count). The summed E-state index contributed by atoms with van der Waals surface area (Å²) < 4.78 is 18.6. The van der Waals surface area contributed by atoms with Gasteiger partial charge >= 0.3 is 0 Å². The lowest BCUT2D eigenvalue weighted by Gasteiger charge is -2.23. The van der Waals surface area contributed by atoms with E-state index in [1.54, 1.807) is 17.0 Å². The minimum absolute atomic E-state index is 0.00621. The lowest BCUT2D eigenvalue weighted by molar-refractivity contribution is 0.00421. The van der Waals surface area contributed by atoms with Crippen LogP contribution in [0.15, 0.2) is 30.5 Å². The fourth-order valence-corrected chi connectivity index (χ4v) is 2.86. The fourth-order valence-electron chi connectivity index (χ4n) is 2.86. The maximum atomic E-state index is 13.2. The summed E-state index contributed by atoms with van der Waals surface area (Å²) in [6.07, 6.45) is 2.61. The molecule has 7 heteroatoms. The quantitative estimate of drug-likeness (QED) is 0.874. The first-order valence-electron chi connectivity index (χ1n) is 7.93. The molecule has 2 N–H and O–H groups in total. The van der Waals surface area contributed by atoms with Crippen molar-refractivity contribution in [3.8, 4) is 5.75 Å². The van der Waals surface area contributed by atoms with Gasteiger partial charge in [-0.2, -0.15) is 5.10 Å². The smallest absolute Gasteiger partial charge is 0.257 e. The Hall–Kier alpha value is -2.41. The number of benzene rings is 1. The van der Waals surface area contributed by atoms with Crippen molar-refractivity contribution >= 4 is 5.91 Å². The molecule has 0 aliphatic carbocycles. The number of amides is 1. The Balaban J connectivity index is 1.62. The van der Waals surface area contributed by atoms with E-state index >= 15 is 0 Å². The molecule has 0 radical (unpaired) electrons. The third kappa shape index (κ3) is 3.41. The molecule has 1 atom stereocenters. The van der Waals surface area contributed by atoms with Crippen LogP contribution in [0.5, 0.6) is 5.75 Å². The third-order valence-corrected chi connectivity index (χ3v) is 4.23. The van der Waals surface area contributed by atoms with E-state index in [1.165, 1.54) is 18.3 Å². The monoisotopic (exact) mass is 333 g/mol. The zero-order chi connectivity index (χ0) is 17.2. The van der Waals surface area contributed by atoms with Crippen molar-refractivity contribution in [3.63, 3.8) is 0 Å². The lowest BCUT2D eigenvalue weighted by Crippen LogP contribution is -2.40. The predicted molar refractivity (Wildman–Crippen MR) is 85.3 cm³/mol. The zero-order valence-electron chi connectivity index (χ0n) is 13.5. The van der Waals surface area contributed by atoms with Gasteiger partial charge in [0.2, 0.25) is 0 Å². The summed E-state index contributed by atoms with van der Waals surface area (Å²) in [6.45, 7) is 2.56. The molecule has 1 aromatic heterocycles. The standard InChI is InChI=1S/C17H20FN3O3/c1-2-15-14(9-19-20-15)16(22)21-7-6-17(23,10-21)11-24-13-5-3-4-12(18)8-13/h3-5,8-9,23H,2,6-7,10-11H2,1H3,(H,19,20)/t17-/m1/s1. The number of likely N-dealkylation sites (tertiary alicyclic amines) is 1. The van der Waals surface area contributed by atoms with Crippen LogP contribution in [0.2, 0.25) is 0 Å². The molecular weight excluding hydrogens is 313 g/mol. The number of carbonyl (C=O) groups is 1. The molecule has 0 saturated carbocycles. The number of β-amino-alcohol motifs (C(OH)–C–C–N with tert-alkyl or cyclic N) is 1. The van der Waals surface area contributed by atoms with Crippen LogP contribution in [0.25, 0.3) is 0 Å². The maximum Gasteiger partial charge on any atom is 0.257 e. The first-order chi connectivity index (χ1) is 11.5. The molecule has 2 heterocycles. The second-order valence-electron chi connectivity index (χ2n) is 6.06. The third-order valence-electron chi connectivity index (χ3n) is 4.23. The van der Waals surface area contributed by atoms with Crippen LogP contribution in [0.3, 0.4) is 0 Å².